The van der Waals surface area contributed by atoms with Crippen molar-refractivity contribution in [3.8, 4) is 0 Å². The maximum Gasteiger partial charge on any atom is 0.338 e. The number of carboxylic acids is 1. The summed E-state index contributed by atoms with van der Waals surface area (Å²) in [5, 5.41) is 8.29. The summed E-state index contributed by atoms with van der Waals surface area (Å²) in [5.41, 5.74) is -0.912. The Hall–Kier alpha value is -0.750. The van der Waals surface area contributed by atoms with Crippen LogP contribution in [0.4, 0.5) is 8.78 Å². The van der Waals surface area contributed by atoms with Gasteiger partial charge in [-0.05, 0) is 0 Å². The second-order valence-electron chi connectivity index (χ2n) is 2.59. The van der Waals surface area contributed by atoms with E-state index in [1.165, 1.54) is 0 Å². The summed E-state index contributed by atoms with van der Waals surface area (Å²) < 4.78 is 25.2. The number of hydrogen-bond donors (Lipinski definition) is 1. The van der Waals surface area contributed by atoms with Crippen LogP contribution in [-0.2, 0) is 5.33 Å². The van der Waals surface area contributed by atoms with Crippen LogP contribution < -0.4 is 0 Å². The first-order chi connectivity index (χ1) is 6.99. The van der Waals surface area contributed by atoms with Crippen molar-refractivity contribution in [2.45, 2.75) is 11.8 Å². The van der Waals surface area contributed by atoms with Gasteiger partial charge in [0.15, 0.2) is 0 Å². The Morgan fingerprint density at radius 2 is 2.27 bits per heavy atom. The second kappa shape index (κ2) is 4.85. The van der Waals surface area contributed by atoms with Crippen LogP contribution in [0.3, 0.4) is 0 Å². The Morgan fingerprint density at radius 3 is 2.67 bits per heavy atom. The number of aromatic nitrogens is 1. The predicted molar refractivity (Wildman–Crippen MR) is 53.8 cm³/mol. The van der Waals surface area contributed by atoms with Gasteiger partial charge in [0.2, 0.25) is 0 Å². The molecule has 0 aliphatic heterocycles. The van der Waals surface area contributed by atoms with Crippen LogP contribution in [0.1, 0.15) is 28.0 Å². The van der Waals surface area contributed by atoms with Crippen molar-refractivity contribution in [1.29, 1.82) is 0 Å². The molecule has 0 spiro atoms. The van der Waals surface area contributed by atoms with Gasteiger partial charge >= 0.3 is 5.97 Å². The lowest BCUT2D eigenvalue weighted by Crippen LogP contribution is -2.05. The maximum atomic E-state index is 12.6. The Bertz CT molecular complexity index is 400. The van der Waals surface area contributed by atoms with Gasteiger partial charge in [-0.15, -0.1) is 0 Å². The van der Waals surface area contributed by atoms with Crippen LogP contribution in [0.25, 0.3) is 0 Å². The van der Waals surface area contributed by atoms with Crippen LogP contribution in [-0.4, -0.2) is 16.1 Å². The van der Waals surface area contributed by atoms with Crippen LogP contribution in [0.5, 0.6) is 0 Å². The molecule has 0 radical (unpaired) electrons. The standard InChI is InChI=1S/C8H5BrClF2NO2/c9-1-4-5(7(11)12)6(10)3(2-13-4)8(14)15/h2,7H,1H2,(H,14,15). The Morgan fingerprint density at radius 1 is 1.67 bits per heavy atom. The van der Waals surface area contributed by atoms with E-state index in [1.54, 1.807) is 0 Å². The molecule has 1 aromatic heterocycles. The van der Waals surface area contributed by atoms with Gasteiger partial charge in [0, 0.05) is 11.5 Å². The van der Waals surface area contributed by atoms with Crippen molar-refractivity contribution in [2.24, 2.45) is 0 Å². The number of rotatable bonds is 3. The van der Waals surface area contributed by atoms with Crippen LogP contribution >= 0.6 is 27.5 Å². The van der Waals surface area contributed by atoms with Gasteiger partial charge in [-0.3, -0.25) is 4.98 Å². The fourth-order valence-electron chi connectivity index (χ4n) is 1.02. The molecule has 0 unspecified atom stereocenters. The number of alkyl halides is 3. The molecule has 0 bridgehead atoms. The molecule has 1 aromatic rings. The molecule has 7 heteroatoms. The van der Waals surface area contributed by atoms with Gasteiger partial charge in [-0.2, -0.15) is 0 Å². The molecule has 0 saturated heterocycles. The molecule has 1 heterocycles. The van der Waals surface area contributed by atoms with Crippen molar-refractivity contribution in [3.63, 3.8) is 0 Å². The van der Waals surface area contributed by atoms with E-state index in [9.17, 15) is 13.6 Å². The lowest BCUT2D eigenvalue weighted by atomic mass is 10.1. The van der Waals surface area contributed by atoms with Gasteiger partial charge in [-0.25, -0.2) is 13.6 Å². The van der Waals surface area contributed by atoms with E-state index in [0.29, 0.717) is 0 Å². The Labute approximate surface area is 97.2 Å². The predicted octanol–water partition coefficient (Wildman–Crippen LogP) is 3.27. The minimum absolute atomic E-state index is 0.0417. The third-order valence-corrected chi connectivity index (χ3v) is 2.65. The molecule has 1 rings (SSSR count). The van der Waals surface area contributed by atoms with E-state index >= 15 is 0 Å². The van der Waals surface area contributed by atoms with Gasteiger partial charge < -0.3 is 5.11 Å². The highest BCUT2D eigenvalue weighted by molar-refractivity contribution is 9.08. The van der Waals surface area contributed by atoms with Crippen LogP contribution in [0.2, 0.25) is 5.02 Å². The van der Waals surface area contributed by atoms with Crippen LogP contribution in [0, 0.1) is 0 Å². The van der Waals surface area contributed by atoms with Gasteiger partial charge in [-0.1, -0.05) is 27.5 Å². The van der Waals surface area contributed by atoms with Gasteiger partial charge in [0.25, 0.3) is 6.43 Å². The Kier molecular flexibility index (Phi) is 3.98. The van der Waals surface area contributed by atoms with Crippen molar-refractivity contribution in [2.75, 3.05) is 0 Å². The molecule has 82 valence electrons. The van der Waals surface area contributed by atoms with Crippen molar-refractivity contribution in [3.05, 3.63) is 28.0 Å². The number of nitrogens with zero attached hydrogens (tertiary/aromatic N) is 1. The number of halogens is 4. The molecule has 0 saturated carbocycles. The van der Waals surface area contributed by atoms with Crippen molar-refractivity contribution in [1.82, 2.24) is 4.98 Å². The molecule has 0 aliphatic carbocycles. The zero-order valence-electron chi connectivity index (χ0n) is 7.18. The minimum Gasteiger partial charge on any atom is -0.478 e. The number of pyridine rings is 1. The molecule has 1 N–H and O–H groups in total. The van der Waals surface area contributed by atoms with E-state index in [1.807, 2.05) is 0 Å². The van der Waals surface area contributed by atoms with E-state index in [0.717, 1.165) is 6.20 Å². The van der Waals surface area contributed by atoms with Crippen molar-refractivity contribution >= 4 is 33.5 Å². The monoisotopic (exact) mass is 299 g/mol. The maximum absolute atomic E-state index is 12.6. The summed E-state index contributed by atoms with van der Waals surface area (Å²) in [4.78, 5) is 14.2. The summed E-state index contributed by atoms with van der Waals surface area (Å²) in [6.07, 6.45) is -1.88. The van der Waals surface area contributed by atoms with E-state index in [4.69, 9.17) is 16.7 Å². The molecule has 0 fully saturated rings. The van der Waals surface area contributed by atoms with Gasteiger partial charge in [0.05, 0.1) is 21.8 Å². The van der Waals surface area contributed by atoms with E-state index < -0.39 is 28.5 Å². The summed E-state index contributed by atoms with van der Waals surface area (Å²) in [5.74, 6) is -1.38. The number of hydrogen-bond acceptors (Lipinski definition) is 2. The highest BCUT2D eigenvalue weighted by Gasteiger charge is 2.23. The average Bonchev–Trinajstić information content (AvgIpc) is 2.15. The number of carbonyl (C=O) groups is 1. The lowest BCUT2D eigenvalue weighted by molar-refractivity contribution is 0.0696. The second-order valence-corrected chi connectivity index (χ2v) is 3.52. The number of carboxylic acid groups (broad SMARTS) is 1. The third kappa shape index (κ3) is 2.43. The molecule has 0 amide bonds. The van der Waals surface area contributed by atoms with Crippen LogP contribution in [0.15, 0.2) is 6.20 Å². The number of aromatic carboxylic acids is 1. The zero-order valence-corrected chi connectivity index (χ0v) is 9.52. The largest absolute Gasteiger partial charge is 0.478 e. The summed E-state index contributed by atoms with van der Waals surface area (Å²) in [7, 11) is 0. The molecular formula is C8H5BrClF2NO2. The van der Waals surface area contributed by atoms with Crippen molar-refractivity contribution < 1.29 is 18.7 Å². The SMILES string of the molecule is O=C(O)c1cnc(CBr)c(C(F)F)c1Cl. The minimum atomic E-state index is -2.85. The summed E-state index contributed by atoms with van der Waals surface area (Å²) in [6.45, 7) is 0. The Balaban J connectivity index is 3.42. The zero-order chi connectivity index (χ0) is 11.6. The smallest absolute Gasteiger partial charge is 0.338 e. The first-order valence-corrected chi connectivity index (χ1v) is 5.23. The lowest BCUT2D eigenvalue weighted by Gasteiger charge is -2.09. The topological polar surface area (TPSA) is 50.2 Å². The molecule has 15 heavy (non-hydrogen) atoms. The molecule has 0 aromatic carbocycles. The quantitative estimate of drug-likeness (QED) is 0.872. The summed E-state index contributed by atoms with van der Waals surface area (Å²) >= 11 is 8.53. The third-order valence-electron chi connectivity index (χ3n) is 1.71. The molecule has 0 atom stereocenters. The molecular weight excluding hydrogens is 295 g/mol. The first-order valence-electron chi connectivity index (χ1n) is 3.73. The fraction of sp³-hybridized carbons (Fsp3) is 0.250. The molecule has 3 nitrogen and oxygen atoms in total. The summed E-state index contributed by atoms with van der Waals surface area (Å²) in [6, 6.07) is 0. The normalized spacial score (nSPS) is 10.7. The average molecular weight is 300 g/mol. The first kappa shape index (κ1) is 12.3. The van der Waals surface area contributed by atoms with E-state index in [2.05, 4.69) is 20.9 Å². The van der Waals surface area contributed by atoms with Gasteiger partial charge in [0.1, 0.15) is 0 Å². The molecule has 0 aliphatic rings. The van der Waals surface area contributed by atoms with E-state index in [-0.39, 0.29) is 11.0 Å². The highest BCUT2D eigenvalue weighted by Crippen LogP contribution is 2.32. The highest BCUT2D eigenvalue weighted by atomic mass is 79.9. The fourth-order valence-corrected chi connectivity index (χ4v) is 1.79.